The summed E-state index contributed by atoms with van der Waals surface area (Å²) in [6, 6.07) is 5.40. The van der Waals surface area contributed by atoms with Gasteiger partial charge in [0.1, 0.15) is 5.60 Å². The van der Waals surface area contributed by atoms with Crippen molar-refractivity contribution in [1.29, 1.82) is 0 Å². The number of alkyl carbamates (subject to hydrolysis) is 1. The lowest BCUT2D eigenvalue weighted by atomic mass is 10.1. The van der Waals surface area contributed by atoms with Crippen LogP contribution >= 0.6 is 27.5 Å². The van der Waals surface area contributed by atoms with Crippen LogP contribution in [0.3, 0.4) is 0 Å². The molecule has 1 rings (SSSR count). The van der Waals surface area contributed by atoms with Crippen LogP contribution < -0.4 is 5.32 Å². The van der Waals surface area contributed by atoms with E-state index in [2.05, 4.69) is 21.2 Å². The fraction of sp³-hybridized carbons (Fsp3) is 0.462. The monoisotopic (exact) mass is 333 g/mol. The highest BCUT2D eigenvalue weighted by Crippen LogP contribution is 2.26. The maximum absolute atomic E-state index is 11.6. The standard InChI is InChI=1S/C13H17BrClNO2/c1-8(16-12(17)18-13(2,3)4)9-5-6-10(14)11(15)7-9/h5-8H,1-4H3,(H,16,17). The molecule has 0 aromatic heterocycles. The molecule has 1 aromatic rings. The van der Waals surface area contributed by atoms with Crippen LogP contribution in [0.2, 0.25) is 5.02 Å². The topological polar surface area (TPSA) is 38.3 Å². The summed E-state index contributed by atoms with van der Waals surface area (Å²) in [6.07, 6.45) is -0.436. The molecule has 1 aromatic carbocycles. The van der Waals surface area contributed by atoms with Crippen LogP contribution in [-0.4, -0.2) is 11.7 Å². The molecular weight excluding hydrogens is 318 g/mol. The van der Waals surface area contributed by atoms with Gasteiger partial charge in [0.05, 0.1) is 11.1 Å². The Labute approximate surface area is 121 Å². The minimum Gasteiger partial charge on any atom is -0.444 e. The summed E-state index contributed by atoms with van der Waals surface area (Å²) in [7, 11) is 0. The van der Waals surface area contributed by atoms with Gasteiger partial charge >= 0.3 is 6.09 Å². The first-order valence-electron chi connectivity index (χ1n) is 5.63. The van der Waals surface area contributed by atoms with E-state index in [1.807, 2.05) is 45.9 Å². The molecule has 5 heteroatoms. The molecule has 0 spiro atoms. The maximum Gasteiger partial charge on any atom is 0.408 e. The van der Waals surface area contributed by atoms with Gasteiger partial charge in [0.2, 0.25) is 0 Å². The highest BCUT2D eigenvalue weighted by atomic mass is 79.9. The lowest BCUT2D eigenvalue weighted by molar-refractivity contribution is 0.0508. The third-order valence-electron chi connectivity index (χ3n) is 2.18. The van der Waals surface area contributed by atoms with Crippen molar-refractivity contribution in [2.24, 2.45) is 0 Å². The Kier molecular flexibility index (Phi) is 5.05. The number of amides is 1. The molecule has 0 aliphatic heterocycles. The summed E-state index contributed by atoms with van der Waals surface area (Å²) in [5.74, 6) is 0. The number of rotatable bonds is 2. The quantitative estimate of drug-likeness (QED) is 0.852. The van der Waals surface area contributed by atoms with E-state index < -0.39 is 11.7 Å². The van der Waals surface area contributed by atoms with Gasteiger partial charge in [-0.15, -0.1) is 0 Å². The van der Waals surface area contributed by atoms with Gasteiger partial charge in [0.25, 0.3) is 0 Å². The highest BCUT2D eigenvalue weighted by Gasteiger charge is 2.18. The first kappa shape index (κ1) is 15.3. The molecule has 0 heterocycles. The van der Waals surface area contributed by atoms with Gasteiger partial charge in [-0.2, -0.15) is 0 Å². The van der Waals surface area contributed by atoms with E-state index in [9.17, 15) is 4.79 Å². The number of halogens is 2. The fourth-order valence-corrected chi connectivity index (χ4v) is 1.78. The minimum absolute atomic E-state index is 0.162. The van der Waals surface area contributed by atoms with Crippen molar-refractivity contribution in [3.05, 3.63) is 33.3 Å². The zero-order valence-electron chi connectivity index (χ0n) is 10.9. The Balaban J connectivity index is 2.68. The summed E-state index contributed by atoms with van der Waals surface area (Å²) >= 11 is 9.34. The zero-order chi connectivity index (χ0) is 13.9. The number of hydrogen-bond acceptors (Lipinski definition) is 2. The van der Waals surface area contributed by atoms with Crippen molar-refractivity contribution in [2.75, 3.05) is 0 Å². The molecular formula is C13H17BrClNO2. The van der Waals surface area contributed by atoms with E-state index in [-0.39, 0.29) is 6.04 Å². The molecule has 0 bridgehead atoms. The van der Waals surface area contributed by atoms with E-state index in [0.29, 0.717) is 5.02 Å². The smallest absolute Gasteiger partial charge is 0.408 e. The summed E-state index contributed by atoms with van der Waals surface area (Å²) in [4.78, 5) is 11.6. The molecule has 0 aliphatic carbocycles. The van der Waals surface area contributed by atoms with Crippen molar-refractivity contribution in [1.82, 2.24) is 5.32 Å². The Morgan fingerprint density at radius 1 is 1.44 bits per heavy atom. The lowest BCUT2D eigenvalue weighted by Crippen LogP contribution is -2.34. The van der Waals surface area contributed by atoms with Crippen LogP contribution in [-0.2, 0) is 4.74 Å². The van der Waals surface area contributed by atoms with Gasteiger partial charge in [-0.3, -0.25) is 0 Å². The minimum atomic E-state index is -0.499. The predicted octanol–water partition coefficient (Wildman–Crippen LogP) is 4.69. The lowest BCUT2D eigenvalue weighted by Gasteiger charge is -2.22. The summed E-state index contributed by atoms with van der Waals surface area (Å²) in [6.45, 7) is 7.36. The number of hydrogen-bond donors (Lipinski definition) is 1. The van der Waals surface area contributed by atoms with Crippen LogP contribution in [0.5, 0.6) is 0 Å². The molecule has 1 unspecified atom stereocenters. The average molecular weight is 335 g/mol. The van der Waals surface area contributed by atoms with Crippen molar-refractivity contribution >= 4 is 33.6 Å². The van der Waals surface area contributed by atoms with Gasteiger partial charge in [-0.05, 0) is 61.3 Å². The van der Waals surface area contributed by atoms with Gasteiger partial charge in [0, 0.05) is 4.47 Å². The third kappa shape index (κ3) is 4.86. The summed E-state index contributed by atoms with van der Waals surface area (Å²) in [5, 5.41) is 3.38. The largest absolute Gasteiger partial charge is 0.444 e. The molecule has 0 saturated heterocycles. The number of ether oxygens (including phenoxy) is 1. The molecule has 3 nitrogen and oxygen atoms in total. The second-order valence-electron chi connectivity index (χ2n) is 5.04. The van der Waals surface area contributed by atoms with Crippen LogP contribution in [0.4, 0.5) is 4.79 Å². The zero-order valence-corrected chi connectivity index (χ0v) is 13.2. The van der Waals surface area contributed by atoms with Crippen molar-refractivity contribution in [3.8, 4) is 0 Å². The Bertz CT molecular complexity index is 443. The predicted molar refractivity (Wildman–Crippen MR) is 76.9 cm³/mol. The summed E-state index contributed by atoms with van der Waals surface area (Å²) in [5.41, 5.74) is 0.426. The molecule has 1 N–H and O–H groups in total. The first-order chi connectivity index (χ1) is 8.19. The SMILES string of the molecule is CC(NC(=O)OC(C)(C)C)c1ccc(Br)c(Cl)c1. The number of carbonyl (C=O) groups excluding carboxylic acids is 1. The van der Waals surface area contributed by atoms with Gasteiger partial charge in [-0.1, -0.05) is 17.7 Å². The molecule has 18 heavy (non-hydrogen) atoms. The number of benzene rings is 1. The van der Waals surface area contributed by atoms with Crippen LogP contribution in [0.15, 0.2) is 22.7 Å². The second kappa shape index (κ2) is 5.93. The number of nitrogens with one attached hydrogen (secondary N) is 1. The van der Waals surface area contributed by atoms with Gasteiger partial charge in [-0.25, -0.2) is 4.79 Å². The normalized spacial score (nSPS) is 13.0. The molecule has 0 saturated carbocycles. The highest BCUT2D eigenvalue weighted by molar-refractivity contribution is 9.10. The third-order valence-corrected chi connectivity index (χ3v) is 3.41. The first-order valence-corrected chi connectivity index (χ1v) is 6.80. The van der Waals surface area contributed by atoms with Crippen molar-refractivity contribution in [3.63, 3.8) is 0 Å². The Morgan fingerprint density at radius 2 is 2.06 bits per heavy atom. The molecule has 0 fully saturated rings. The number of carbonyl (C=O) groups is 1. The maximum atomic E-state index is 11.6. The van der Waals surface area contributed by atoms with Crippen molar-refractivity contribution < 1.29 is 9.53 Å². The van der Waals surface area contributed by atoms with E-state index in [1.165, 1.54) is 0 Å². The Morgan fingerprint density at radius 3 is 2.56 bits per heavy atom. The van der Waals surface area contributed by atoms with E-state index in [1.54, 1.807) is 0 Å². The van der Waals surface area contributed by atoms with Gasteiger partial charge < -0.3 is 10.1 Å². The van der Waals surface area contributed by atoms with Crippen molar-refractivity contribution in [2.45, 2.75) is 39.3 Å². The molecule has 1 atom stereocenters. The summed E-state index contributed by atoms with van der Waals surface area (Å²) < 4.78 is 6.02. The molecule has 0 radical (unpaired) electrons. The Hall–Kier alpha value is -0.740. The van der Waals surface area contributed by atoms with Crippen LogP contribution in [0.25, 0.3) is 0 Å². The fourth-order valence-electron chi connectivity index (χ4n) is 1.35. The van der Waals surface area contributed by atoms with Crippen LogP contribution in [0, 0.1) is 0 Å². The average Bonchev–Trinajstić information content (AvgIpc) is 2.18. The van der Waals surface area contributed by atoms with E-state index >= 15 is 0 Å². The molecule has 1 amide bonds. The van der Waals surface area contributed by atoms with Gasteiger partial charge in [0.15, 0.2) is 0 Å². The van der Waals surface area contributed by atoms with Crippen LogP contribution in [0.1, 0.15) is 39.3 Å². The second-order valence-corrected chi connectivity index (χ2v) is 6.30. The molecule has 0 aliphatic rings. The molecule has 100 valence electrons. The van der Waals surface area contributed by atoms with E-state index in [0.717, 1.165) is 10.0 Å². The van der Waals surface area contributed by atoms with E-state index in [4.69, 9.17) is 16.3 Å².